The molecule has 1 unspecified atom stereocenters. The highest BCUT2D eigenvalue weighted by atomic mass is 16.4. The summed E-state index contributed by atoms with van der Waals surface area (Å²) in [5, 5.41) is 9.58. The number of carboxylic acid groups (broad SMARTS) is 1. The monoisotopic (exact) mass is 261 g/mol. The Morgan fingerprint density at radius 2 is 1.89 bits per heavy atom. The lowest BCUT2D eigenvalue weighted by molar-refractivity contribution is -0.140. The third-order valence-electron chi connectivity index (χ3n) is 4.45. The lowest BCUT2D eigenvalue weighted by Crippen LogP contribution is -2.29. The molecule has 1 aliphatic rings. The number of nitrogens with two attached hydrogens (primary N) is 1. The van der Waals surface area contributed by atoms with Gasteiger partial charge in [0.1, 0.15) is 0 Å². The number of rotatable bonds is 3. The topological polar surface area (TPSA) is 63.3 Å². The first-order valence-electron chi connectivity index (χ1n) is 6.98. The van der Waals surface area contributed by atoms with Crippen LogP contribution in [0.2, 0.25) is 0 Å². The van der Waals surface area contributed by atoms with Crippen molar-refractivity contribution in [1.82, 2.24) is 0 Å². The third-order valence-corrected chi connectivity index (χ3v) is 4.45. The van der Waals surface area contributed by atoms with E-state index in [4.69, 9.17) is 5.73 Å². The molecule has 2 rings (SSSR count). The van der Waals surface area contributed by atoms with Gasteiger partial charge in [-0.2, -0.15) is 0 Å². The molecule has 0 saturated heterocycles. The second kappa shape index (κ2) is 5.24. The van der Waals surface area contributed by atoms with Gasteiger partial charge in [-0.25, -0.2) is 0 Å². The van der Waals surface area contributed by atoms with Gasteiger partial charge in [-0.3, -0.25) is 4.79 Å². The van der Waals surface area contributed by atoms with Crippen LogP contribution in [0.4, 0.5) is 5.69 Å². The Balaban J connectivity index is 2.23. The summed E-state index contributed by atoms with van der Waals surface area (Å²) < 4.78 is 0. The molecule has 1 aromatic rings. The molecule has 0 bridgehead atoms. The van der Waals surface area contributed by atoms with Gasteiger partial charge in [-0.15, -0.1) is 0 Å². The van der Waals surface area contributed by atoms with Crippen LogP contribution >= 0.6 is 0 Å². The fourth-order valence-corrected chi connectivity index (χ4v) is 3.14. The number of carboxylic acids is 1. The maximum Gasteiger partial charge on any atom is 0.311 e. The molecule has 1 saturated carbocycles. The summed E-state index contributed by atoms with van der Waals surface area (Å²) in [7, 11) is 0. The van der Waals surface area contributed by atoms with Gasteiger partial charge in [0.15, 0.2) is 0 Å². The van der Waals surface area contributed by atoms with E-state index in [1.807, 2.05) is 18.2 Å². The molecule has 19 heavy (non-hydrogen) atoms. The molecule has 1 fully saturated rings. The maximum atomic E-state index is 11.7. The first-order chi connectivity index (χ1) is 8.91. The SMILES string of the molecule is CC1(C)CCC(C(C(=O)O)c2ccccc2N)CC1. The molecule has 1 atom stereocenters. The van der Waals surface area contributed by atoms with E-state index < -0.39 is 11.9 Å². The summed E-state index contributed by atoms with van der Waals surface area (Å²) in [5.74, 6) is -1.00. The largest absolute Gasteiger partial charge is 0.481 e. The smallest absolute Gasteiger partial charge is 0.311 e. The summed E-state index contributed by atoms with van der Waals surface area (Å²) in [5.41, 5.74) is 7.68. The van der Waals surface area contributed by atoms with Gasteiger partial charge in [-0.05, 0) is 48.6 Å². The van der Waals surface area contributed by atoms with E-state index in [0.29, 0.717) is 11.1 Å². The van der Waals surface area contributed by atoms with Crippen molar-refractivity contribution in [3.8, 4) is 0 Å². The van der Waals surface area contributed by atoms with E-state index in [1.165, 1.54) is 0 Å². The number of nitrogen functional groups attached to an aromatic ring is 1. The quantitative estimate of drug-likeness (QED) is 0.816. The minimum atomic E-state index is -0.748. The number of aliphatic carboxylic acids is 1. The molecule has 0 aromatic heterocycles. The van der Waals surface area contributed by atoms with Crippen LogP contribution < -0.4 is 5.73 Å². The third kappa shape index (κ3) is 3.09. The molecule has 3 nitrogen and oxygen atoms in total. The molecule has 104 valence electrons. The van der Waals surface area contributed by atoms with E-state index in [1.54, 1.807) is 6.07 Å². The molecular weight excluding hydrogens is 238 g/mol. The number of benzene rings is 1. The highest BCUT2D eigenvalue weighted by Crippen LogP contribution is 2.44. The van der Waals surface area contributed by atoms with E-state index in [-0.39, 0.29) is 5.92 Å². The first kappa shape index (κ1) is 13.9. The van der Waals surface area contributed by atoms with Crippen LogP contribution in [0.15, 0.2) is 24.3 Å². The van der Waals surface area contributed by atoms with Crippen LogP contribution in [-0.2, 0) is 4.79 Å². The minimum absolute atomic E-state index is 0.204. The minimum Gasteiger partial charge on any atom is -0.481 e. The standard InChI is InChI=1S/C16H23NO2/c1-16(2)9-7-11(8-10-16)14(15(18)19)12-5-3-4-6-13(12)17/h3-6,11,14H,7-10,17H2,1-2H3,(H,18,19). The fourth-order valence-electron chi connectivity index (χ4n) is 3.14. The number of hydrogen-bond donors (Lipinski definition) is 2. The Morgan fingerprint density at radius 1 is 1.32 bits per heavy atom. The highest BCUT2D eigenvalue weighted by molar-refractivity contribution is 5.79. The summed E-state index contributed by atoms with van der Waals surface area (Å²) in [4.78, 5) is 11.7. The Labute approximate surface area is 114 Å². The average Bonchev–Trinajstić information content (AvgIpc) is 2.33. The van der Waals surface area contributed by atoms with Crippen LogP contribution in [0.1, 0.15) is 51.0 Å². The highest BCUT2D eigenvalue weighted by Gasteiger charge is 2.36. The van der Waals surface area contributed by atoms with Gasteiger partial charge in [-0.1, -0.05) is 32.0 Å². The predicted molar refractivity (Wildman–Crippen MR) is 77.0 cm³/mol. The summed E-state index contributed by atoms with van der Waals surface area (Å²) >= 11 is 0. The molecule has 0 spiro atoms. The second-order valence-electron chi connectivity index (χ2n) is 6.45. The van der Waals surface area contributed by atoms with Crippen molar-refractivity contribution in [1.29, 1.82) is 0 Å². The Hall–Kier alpha value is -1.51. The molecular formula is C16H23NO2. The number of hydrogen-bond acceptors (Lipinski definition) is 2. The van der Waals surface area contributed by atoms with Crippen LogP contribution in [0, 0.1) is 11.3 Å². The molecule has 3 heteroatoms. The van der Waals surface area contributed by atoms with Crippen molar-refractivity contribution >= 4 is 11.7 Å². The van der Waals surface area contributed by atoms with Crippen molar-refractivity contribution in [2.24, 2.45) is 11.3 Å². The van der Waals surface area contributed by atoms with Crippen LogP contribution in [-0.4, -0.2) is 11.1 Å². The molecule has 0 amide bonds. The molecule has 1 aliphatic carbocycles. The van der Waals surface area contributed by atoms with Crippen LogP contribution in [0.5, 0.6) is 0 Å². The zero-order chi connectivity index (χ0) is 14.0. The molecule has 3 N–H and O–H groups in total. The van der Waals surface area contributed by atoms with Crippen molar-refractivity contribution in [3.63, 3.8) is 0 Å². The van der Waals surface area contributed by atoms with Crippen molar-refractivity contribution in [3.05, 3.63) is 29.8 Å². The van der Waals surface area contributed by atoms with Gasteiger partial charge in [0.2, 0.25) is 0 Å². The van der Waals surface area contributed by atoms with Crippen molar-refractivity contribution < 1.29 is 9.90 Å². The zero-order valence-electron chi connectivity index (χ0n) is 11.7. The van der Waals surface area contributed by atoms with Gasteiger partial charge >= 0.3 is 5.97 Å². The molecule has 1 aromatic carbocycles. The number of anilines is 1. The Kier molecular flexibility index (Phi) is 3.83. The normalized spacial score (nSPS) is 20.9. The van der Waals surface area contributed by atoms with Crippen molar-refractivity contribution in [2.45, 2.75) is 45.4 Å². The average molecular weight is 261 g/mol. The van der Waals surface area contributed by atoms with E-state index >= 15 is 0 Å². The van der Waals surface area contributed by atoms with Gasteiger partial charge in [0.25, 0.3) is 0 Å². The Morgan fingerprint density at radius 3 is 2.42 bits per heavy atom. The van der Waals surface area contributed by atoms with Gasteiger partial charge in [0.05, 0.1) is 5.92 Å². The molecule has 0 radical (unpaired) electrons. The predicted octanol–water partition coefficient (Wildman–Crippen LogP) is 3.65. The van der Waals surface area contributed by atoms with Crippen LogP contribution in [0.25, 0.3) is 0 Å². The molecule has 0 aliphatic heterocycles. The lowest BCUT2D eigenvalue weighted by Gasteiger charge is -2.37. The van der Waals surface area contributed by atoms with E-state index in [2.05, 4.69) is 13.8 Å². The van der Waals surface area contributed by atoms with Gasteiger partial charge < -0.3 is 10.8 Å². The summed E-state index contributed by atoms with van der Waals surface area (Å²) in [6, 6.07) is 7.36. The van der Waals surface area contributed by atoms with E-state index in [0.717, 1.165) is 31.2 Å². The zero-order valence-corrected chi connectivity index (χ0v) is 11.7. The fraction of sp³-hybridized carbons (Fsp3) is 0.562. The molecule has 0 heterocycles. The number of para-hydroxylation sites is 1. The Bertz CT molecular complexity index is 458. The number of carbonyl (C=O) groups is 1. The second-order valence-corrected chi connectivity index (χ2v) is 6.45. The first-order valence-corrected chi connectivity index (χ1v) is 6.98. The van der Waals surface area contributed by atoms with E-state index in [9.17, 15) is 9.90 Å². The maximum absolute atomic E-state index is 11.7. The van der Waals surface area contributed by atoms with Gasteiger partial charge in [0, 0.05) is 5.69 Å². The summed E-state index contributed by atoms with van der Waals surface area (Å²) in [6.07, 6.45) is 4.12. The van der Waals surface area contributed by atoms with Crippen LogP contribution in [0.3, 0.4) is 0 Å². The summed E-state index contributed by atoms with van der Waals surface area (Å²) in [6.45, 7) is 4.52. The van der Waals surface area contributed by atoms with Crippen molar-refractivity contribution in [2.75, 3.05) is 5.73 Å². The lowest BCUT2D eigenvalue weighted by atomic mass is 9.68.